The van der Waals surface area contributed by atoms with Crippen molar-refractivity contribution in [2.45, 2.75) is 44.7 Å². The van der Waals surface area contributed by atoms with E-state index < -0.39 is 0 Å². The van der Waals surface area contributed by atoms with Gasteiger partial charge in [-0.2, -0.15) is 0 Å². The molecule has 0 aliphatic carbocycles. The Morgan fingerprint density at radius 3 is 3.11 bits per heavy atom. The van der Waals surface area contributed by atoms with Gasteiger partial charge in [-0.1, -0.05) is 0 Å². The summed E-state index contributed by atoms with van der Waals surface area (Å²) < 4.78 is 1.00. The summed E-state index contributed by atoms with van der Waals surface area (Å²) in [6, 6.07) is 1.31. The predicted octanol–water partition coefficient (Wildman–Crippen LogP) is 2.77. The first-order valence-electron chi connectivity index (χ1n) is 7.06. The number of nitrogen functional groups attached to an aromatic ring is 1. The molecule has 5 heteroatoms. The fourth-order valence-corrected chi connectivity index (χ4v) is 3.69. The van der Waals surface area contributed by atoms with E-state index in [0.29, 0.717) is 6.04 Å². The van der Waals surface area contributed by atoms with Gasteiger partial charge in [0.2, 0.25) is 0 Å². The second-order valence-corrected chi connectivity index (χ2v) is 6.49. The Labute approximate surface area is 122 Å². The molecule has 1 aromatic rings. The Kier molecular flexibility index (Phi) is 3.67. The molecule has 0 aromatic carbocycles. The topological polar surface area (TPSA) is 54.2 Å². The quantitative estimate of drug-likeness (QED) is 0.878. The van der Waals surface area contributed by atoms with Crippen LogP contribution in [0.4, 0.5) is 11.5 Å². The predicted molar refractivity (Wildman–Crippen MR) is 82.3 cm³/mol. The van der Waals surface area contributed by atoms with Crippen molar-refractivity contribution >= 4 is 27.4 Å². The third-order valence-electron chi connectivity index (χ3n) is 4.46. The molecular formula is C14H21BrN4. The van der Waals surface area contributed by atoms with Crippen molar-refractivity contribution in [2.75, 3.05) is 24.1 Å². The van der Waals surface area contributed by atoms with Crippen LogP contribution in [-0.2, 0) is 0 Å². The second-order valence-electron chi connectivity index (χ2n) is 5.70. The molecule has 0 amide bonds. The highest BCUT2D eigenvalue weighted by Crippen LogP contribution is 2.32. The second kappa shape index (κ2) is 5.29. The lowest BCUT2D eigenvalue weighted by Gasteiger charge is -2.35. The lowest BCUT2D eigenvalue weighted by Crippen LogP contribution is -2.42. The summed E-state index contributed by atoms with van der Waals surface area (Å²) in [5.74, 6) is 0.933. The molecule has 3 N–H and O–H groups in total. The SMILES string of the molecule is Cc1c(N)cnc(NC2CCN3CCCC3C2)c1Br. The summed E-state index contributed by atoms with van der Waals surface area (Å²) in [6.07, 6.45) is 6.90. The van der Waals surface area contributed by atoms with Gasteiger partial charge in [-0.3, -0.25) is 0 Å². The van der Waals surface area contributed by atoms with Gasteiger partial charge in [-0.25, -0.2) is 4.98 Å². The minimum Gasteiger partial charge on any atom is -0.397 e. The van der Waals surface area contributed by atoms with Crippen molar-refractivity contribution in [1.29, 1.82) is 0 Å². The average molecular weight is 325 g/mol. The number of fused-ring (bicyclic) bond motifs is 1. The molecule has 0 saturated carbocycles. The fraction of sp³-hybridized carbons (Fsp3) is 0.643. The average Bonchev–Trinajstić information content (AvgIpc) is 2.87. The molecule has 4 nitrogen and oxygen atoms in total. The first kappa shape index (κ1) is 13.2. The summed E-state index contributed by atoms with van der Waals surface area (Å²) in [6.45, 7) is 4.53. The molecule has 0 spiro atoms. The maximum Gasteiger partial charge on any atom is 0.140 e. The molecule has 3 rings (SSSR count). The highest BCUT2D eigenvalue weighted by molar-refractivity contribution is 9.10. The lowest BCUT2D eigenvalue weighted by molar-refractivity contribution is 0.188. The third kappa shape index (κ3) is 2.58. The first-order valence-corrected chi connectivity index (χ1v) is 7.85. The van der Waals surface area contributed by atoms with Gasteiger partial charge in [0.15, 0.2) is 0 Å². The molecule has 2 unspecified atom stereocenters. The van der Waals surface area contributed by atoms with E-state index in [1.165, 1.54) is 38.8 Å². The number of anilines is 2. The summed E-state index contributed by atoms with van der Waals surface area (Å²) >= 11 is 3.60. The van der Waals surface area contributed by atoms with E-state index in [1.807, 2.05) is 6.92 Å². The molecule has 104 valence electrons. The zero-order chi connectivity index (χ0) is 13.4. The van der Waals surface area contributed by atoms with Gasteiger partial charge in [0.1, 0.15) is 5.82 Å². The summed E-state index contributed by atoms with van der Waals surface area (Å²) in [5.41, 5.74) is 7.67. The maximum atomic E-state index is 5.87. The van der Waals surface area contributed by atoms with Crippen LogP contribution in [0.15, 0.2) is 10.7 Å². The fourth-order valence-electron chi connectivity index (χ4n) is 3.24. The number of nitrogens with zero attached hydrogens (tertiary/aromatic N) is 2. The Hall–Kier alpha value is -0.810. The number of nitrogens with one attached hydrogen (secondary N) is 1. The van der Waals surface area contributed by atoms with Crippen LogP contribution in [0.2, 0.25) is 0 Å². The van der Waals surface area contributed by atoms with Crippen LogP contribution in [-0.4, -0.2) is 35.1 Å². The van der Waals surface area contributed by atoms with Crippen LogP contribution < -0.4 is 11.1 Å². The largest absolute Gasteiger partial charge is 0.397 e. The van der Waals surface area contributed by atoms with Gasteiger partial charge in [-0.15, -0.1) is 0 Å². The lowest BCUT2D eigenvalue weighted by atomic mass is 9.97. The van der Waals surface area contributed by atoms with Gasteiger partial charge >= 0.3 is 0 Å². The standard InChI is InChI=1S/C14H21BrN4/c1-9-12(16)8-17-14(13(9)15)18-10-4-6-19-5-2-3-11(19)7-10/h8,10-11H,2-7,16H2,1H3,(H,17,18). The van der Waals surface area contributed by atoms with Crippen molar-refractivity contribution < 1.29 is 0 Å². The number of aromatic nitrogens is 1. The Morgan fingerprint density at radius 1 is 1.42 bits per heavy atom. The van der Waals surface area contributed by atoms with Gasteiger partial charge in [0.25, 0.3) is 0 Å². The van der Waals surface area contributed by atoms with Crippen LogP contribution in [0.25, 0.3) is 0 Å². The van der Waals surface area contributed by atoms with E-state index in [2.05, 4.69) is 31.1 Å². The number of piperidine rings is 1. The first-order chi connectivity index (χ1) is 9.15. The molecule has 2 fully saturated rings. The van der Waals surface area contributed by atoms with E-state index in [9.17, 15) is 0 Å². The van der Waals surface area contributed by atoms with E-state index in [4.69, 9.17) is 5.73 Å². The van der Waals surface area contributed by atoms with Crippen molar-refractivity contribution in [3.8, 4) is 0 Å². The van der Waals surface area contributed by atoms with Crippen molar-refractivity contribution in [3.63, 3.8) is 0 Å². The summed E-state index contributed by atoms with van der Waals surface area (Å²) in [7, 11) is 0. The van der Waals surface area contributed by atoms with Gasteiger partial charge in [0.05, 0.1) is 16.4 Å². The van der Waals surface area contributed by atoms with Crippen LogP contribution in [0.3, 0.4) is 0 Å². The van der Waals surface area contributed by atoms with Crippen LogP contribution >= 0.6 is 15.9 Å². The van der Waals surface area contributed by atoms with Crippen molar-refractivity contribution in [2.24, 2.45) is 0 Å². The molecule has 0 radical (unpaired) electrons. The van der Waals surface area contributed by atoms with E-state index in [0.717, 1.165) is 27.6 Å². The molecule has 2 aliphatic heterocycles. The monoisotopic (exact) mass is 324 g/mol. The highest BCUT2D eigenvalue weighted by Gasteiger charge is 2.31. The molecule has 2 aliphatic rings. The van der Waals surface area contributed by atoms with Gasteiger partial charge in [0, 0.05) is 18.6 Å². The van der Waals surface area contributed by atoms with Crippen LogP contribution in [0.1, 0.15) is 31.2 Å². The smallest absolute Gasteiger partial charge is 0.140 e. The minimum atomic E-state index is 0.533. The molecule has 3 heterocycles. The van der Waals surface area contributed by atoms with Gasteiger partial charge in [-0.05, 0) is 60.6 Å². The van der Waals surface area contributed by atoms with Gasteiger partial charge < -0.3 is 16.0 Å². The Bertz CT molecular complexity index is 477. The maximum absolute atomic E-state index is 5.87. The number of hydrogen-bond donors (Lipinski definition) is 2. The zero-order valence-electron chi connectivity index (χ0n) is 11.3. The minimum absolute atomic E-state index is 0.533. The molecule has 0 bridgehead atoms. The Morgan fingerprint density at radius 2 is 2.26 bits per heavy atom. The van der Waals surface area contributed by atoms with E-state index in [1.54, 1.807) is 6.20 Å². The number of halogens is 1. The van der Waals surface area contributed by atoms with Crippen molar-refractivity contribution in [3.05, 3.63) is 16.2 Å². The molecular weight excluding hydrogens is 304 g/mol. The van der Waals surface area contributed by atoms with E-state index in [-0.39, 0.29) is 0 Å². The van der Waals surface area contributed by atoms with Crippen LogP contribution in [0, 0.1) is 6.92 Å². The number of hydrogen-bond acceptors (Lipinski definition) is 4. The van der Waals surface area contributed by atoms with Crippen LogP contribution in [0.5, 0.6) is 0 Å². The normalized spacial score (nSPS) is 27.3. The third-order valence-corrected chi connectivity index (χ3v) is 5.43. The molecule has 2 saturated heterocycles. The molecule has 2 atom stereocenters. The van der Waals surface area contributed by atoms with E-state index >= 15 is 0 Å². The Balaban J connectivity index is 1.70. The number of pyridine rings is 1. The molecule has 1 aromatic heterocycles. The number of nitrogens with two attached hydrogens (primary N) is 1. The zero-order valence-corrected chi connectivity index (χ0v) is 12.9. The summed E-state index contributed by atoms with van der Waals surface area (Å²) in [4.78, 5) is 7.06. The summed E-state index contributed by atoms with van der Waals surface area (Å²) in [5, 5.41) is 3.59. The number of rotatable bonds is 2. The molecule has 19 heavy (non-hydrogen) atoms. The highest BCUT2D eigenvalue weighted by atomic mass is 79.9. The van der Waals surface area contributed by atoms with Crippen molar-refractivity contribution in [1.82, 2.24) is 9.88 Å².